The number of thioether (sulfide) groups is 1. The van der Waals surface area contributed by atoms with E-state index in [1.165, 1.54) is 18.6 Å². The predicted octanol–water partition coefficient (Wildman–Crippen LogP) is 2.92. The zero-order chi connectivity index (χ0) is 15.0. The molecular weight excluding hydrogens is 270 g/mol. The van der Waals surface area contributed by atoms with Crippen LogP contribution in [0.3, 0.4) is 0 Å². The van der Waals surface area contributed by atoms with Crippen molar-refractivity contribution in [3.05, 3.63) is 23.8 Å². The van der Waals surface area contributed by atoms with Gasteiger partial charge in [-0.15, -0.1) is 0 Å². The summed E-state index contributed by atoms with van der Waals surface area (Å²) in [4.78, 5) is 13.7. The molecule has 0 unspecified atom stereocenters. The van der Waals surface area contributed by atoms with Gasteiger partial charge in [-0.25, -0.2) is 0 Å². The molecule has 0 aromatic heterocycles. The van der Waals surface area contributed by atoms with Gasteiger partial charge in [-0.1, -0.05) is 6.42 Å². The first-order valence-corrected chi connectivity index (χ1v) is 8.29. The van der Waals surface area contributed by atoms with Crippen LogP contribution in [0, 0.1) is 0 Å². The second kappa shape index (κ2) is 8.74. The molecule has 1 aromatic rings. The van der Waals surface area contributed by atoms with Gasteiger partial charge in [-0.2, -0.15) is 11.8 Å². The minimum Gasteiger partial charge on any atom is -0.399 e. The summed E-state index contributed by atoms with van der Waals surface area (Å²) >= 11 is 1.88. The van der Waals surface area contributed by atoms with Crippen molar-refractivity contribution < 1.29 is 4.79 Å². The van der Waals surface area contributed by atoms with Crippen LogP contribution in [0.25, 0.3) is 0 Å². The third-order valence-electron chi connectivity index (χ3n) is 3.02. The lowest BCUT2D eigenvalue weighted by Crippen LogP contribution is -2.23. The van der Waals surface area contributed by atoms with Crippen molar-refractivity contribution in [2.45, 2.75) is 19.3 Å². The number of rotatable bonds is 8. The maximum Gasteiger partial charge on any atom is 0.255 e. The van der Waals surface area contributed by atoms with E-state index in [0.29, 0.717) is 11.3 Å². The van der Waals surface area contributed by atoms with E-state index in [0.717, 1.165) is 18.7 Å². The van der Waals surface area contributed by atoms with Crippen LogP contribution in [-0.2, 0) is 0 Å². The summed E-state index contributed by atoms with van der Waals surface area (Å²) in [7, 11) is 3.51. The molecule has 112 valence electrons. The average Bonchev–Trinajstić information content (AvgIpc) is 2.42. The summed E-state index contributed by atoms with van der Waals surface area (Å²) < 4.78 is 0. The molecule has 0 spiro atoms. The summed E-state index contributed by atoms with van der Waals surface area (Å²) in [5.74, 6) is 1.21. The van der Waals surface area contributed by atoms with Gasteiger partial charge in [-0.05, 0) is 43.0 Å². The first kappa shape index (κ1) is 16.7. The van der Waals surface area contributed by atoms with E-state index in [2.05, 4.69) is 11.6 Å². The predicted molar refractivity (Wildman–Crippen MR) is 89.6 cm³/mol. The molecule has 0 aliphatic carbocycles. The van der Waals surface area contributed by atoms with Gasteiger partial charge in [0.2, 0.25) is 0 Å². The van der Waals surface area contributed by atoms with Crippen LogP contribution in [0.15, 0.2) is 18.2 Å². The van der Waals surface area contributed by atoms with E-state index >= 15 is 0 Å². The van der Waals surface area contributed by atoms with Gasteiger partial charge in [0.15, 0.2) is 0 Å². The molecular formula is C15H25N3OS. The molecule has 0 aliphatic heterocycles. The molecule has 1 amide bonds. The van der Waals surface area contributed by atoms with E-state index in [4.69, 9.17) is 5.73 Å². The summed E-state index contributed by atoms with van der Waals surface area (Å²) in [6.07, 6.45) is 5.67. The van der Waals surface area contributed by atoms with E-state index in [1.807, 2.05) is 17.8 Å². The van der Waals surface area contributed by atoms with Crippen LogP contribution in [0.4, 0.5) is 11.4 Å². The van der Waals surface area contributed by atoms with Crippen molar-refractivity contribution in [1.82, 2.24) is 4.90 Å². The fourth-order valence-electron chi connectivity index (χ4n) is 1.91. The smallest absolute Gasteiger partial charge is 0.255 e. The lowest BCUT2D eigenvalue weighted by atomic mass is 10.1. The molecule has 3 N–H and O–H groups in total. The van der Waals surface area contributed by atoms with E-state index < -0.39 is 0 Å². The maximum atomic E-state index is 12.1. The van der Waals surface area contributed by atoms with Gasteiger partial charge in [0.25, 0.3) is 5.91 Å². The SMILES string of the molecule is CSCCCCCNc1cc(N)ccc1C(=O)N(C)C. The zero-order valence-electron chi connectivity index (χ0n) is 12.6. The first-order chi connectivity index (χ1) is 9.56. The number of nitrogens with one attached hydrogen (secondary N) is 1. The quantitative estimate of drug-likeness (QED) is 0.572. The van der Waals surface area contributed by atoms with Crippen LogP contribution >= 0.6 is 11.8 Å². The number of unbranched alkanes of at least 4 members (excludes halogenated alkanes) is 2. The van der Waals surface area contributed by atoms with Crippen molar-refractivity contribution in [2.24, 2.45) is 0 Å². The molecule has 4 nitrogen and oxygen atoms in total. The number of carbonyl (C=O) groups is 1. The normalized spacial score (nSPS) is 10.3. The Morgan fingerprint density at radius 2 is 2.05 bits per heavy atom. The fraction of sp³-hybridized carbons (Fsp3) is 0.533. The monoisotopic (exact) mass is 295 g/mol. The summed E-state index contributed by atoms with van der Waals surface area (Å²) in [5.41, 5.74) is 7.98. The van der Waals surface area contributed by atoms with Gasteiger partial charge < -0.3 is 16.0 Å². The van der Waals surface area contributed by atoms with Crippen LogP contribution in [0.5, 0.6) is 0 Å². The number of carbonyl (C=O) groups excluding carboxylic acids is 1. The molecule has 0 saturated heterocycles. The van der Waals surface area contributed by atoms with Gasteiger partial charge in [0, 0.05) is 32.0 Å². The number of nitrogens with two attached hydrogens (primary N) is 1. The van der Waals surface area contributed by atoms with Crippen LogP contribution in [0.2, 0.25) is 0 Å². The Balaban J connectivity index is 2.59. The molecule has 0 saturated carbocycles. The minimum atomic E-state index is -0.00474. The Hall–Kier alpha value is -1.36. The molecule has 0 radical (unpaired) electrons. The number of nitrogen functional groups attached to an aromatic ring is 1. The molecule has 20 heavy (non-hydrogen) atoms. The molecule has 0 bridgehead atoms. The zero-order valence-corrected chi connectivity index (χ0v) is 13.4. The Morgan fingerprint density at radius 1 is 1.30 bits per heavy atom. The fourth-order valence-corrected chi connectivity index (χ4v) is 2.40. The van der Waals surface area contributed by atoms with Gasteiger partial charge in [0.05, 0.1) is 5.56 Å². The third-order valence-corrected chi connectivity index (χ3v) is 3.72. The highest BCUT2D eigenvalue weighted by Crippen LogP contribution is 2.20. The summed E-state index contributed by atoms with van der Waals surface area (Å²) in [6, 6.07) is 5.38. The Labute approximate surface area is 126 Å². The largest absolute Gasteiger partial charge is 0.399 e. The lowest BCUT2D eigenvalue weighted by Gasteiger charge is -2.16. The highest BCUT2D eigenvalue weighted by Gasteiger charge is 2.13. The van der Waals surface area contributed by atoms with Crippen molar-refractivity contribution in [1.29, 1.82) is 0 Å². The van der Waals surface area contributed by atoms with E-state index in [9.17, 15) is 4.79 Å². The maximum absolute atomic E-state index is 12.1. The van der Waals surface area contributed by atoms with Crippen molar-refractivity contribution in [3.8, 4) is 0 Å². The number of nitrogens with zero attached hydrogens (tertiary/aromatic N) is 1. The molecule has 5 heteroatoms. The van der Waals surface area contributed by atoms with Crippen LogP contribution < -0.4 is 11.1 Å². The van der Waals surface area contributed by atoms with Crippen molar-refractivity contribution in [3.63, 3.8) is 0 Å². The van der Waals surface area contributed by atoms with Crippen molar-refractivity contribution in [2.75, 3.05) is 43.7 Å². The van der Waals surface area contributed by atoms with Gasteiger partial charge >= 0.3 is 0 Å². The molecule has 0 fully saturated rings. The topological polar surface area (TPSA) is 58.4 Å². The summed E-state index contributed by atoms with van der Waals surface area (Å²) in [6.45, 7) is 0.867. The highest BCUT2D eigenvalue weighted by atomic mass is 32.2. The Morgan fingerprint density at radius 3 is 2.70 bits per heavy atom. The molecule has 0 aliphatic rings. The number of hydrogen-bond donors (Lipinski definition) is 2. The molecule has 1 aromatic carbocycles. The molecule has 1 rings (SSSR count). The van der Waals surface area contributed by atoms with E-state index in [1.54, 1.807) is 31.1 Å². The highest BCUT2D eigenvalue weighted by molar-refractivity contribution is 7.98. The van der Waals surface area contributed by atoms with Crippen molar-refractivity contribution >= 4 is 29.0 Å². The Bertz CT molecular complexity index is 435. The molecule has 0 heterocycles. The number of hydrogen-bond acceptors (Lipinski definition) is 4. The minimum absolute atomic E-state index is 0.00474. The van der Waals surface area contributed by atoms with Gasteiger partial charge in [0.1, 0.15) is 0 Å². The van der Waals surface area contributed by atoms with Gasteiger partial charge in [-0.3, -0.25) is 4.79 Å². The first-order valence-electron chi connectivity index (χ1n) is 6.90. The van der Waals surface area contributed by atoms with E-state index in [-0.39, 0.29) is 5.91 Å². The second-order valence-corrected chi connectivity index (χ2v) is 5.97. The standard InChI is InChI=1S/C15H25N3OS/c1-18(2)15(19)13-8-7-12(16)11-14(13)17-9-5-4-6-10-20-3/h7-8,11,17H,4-6,9-10,16H2,1-3H3. The summed E-state index contributed by atoms with van der Waals surface area (Å²) in [5, 5.41) is 3.33. The number of anilines is 2. The lowest BCUT2D eigenvalue weighted by molar-refractivity contribution is 0.0828. The third kappa shape index (κ3) is 5.33. The number of benzene rings is 1. The average molecular weight is 295 g/mol. The Kier molecular flexibility index (Phi) is 7.30. The molecule has 0 atom stereocenters. The second-order valence-electron chi connectivity index (χ2n) is 4.98. The number of amides is 1. The van der Waals surface area contributed by atoms with Crippen LogP contribution in [-0.4, -0.2) is 43.5 Å². The van der Waals surface area contributed by atoms with Crippen LogP contribution in [0.1, 0.15) is 29.6 Å².